The smallest absolute Gasteiger partial charge is 0.407 e. The van der Waals surface area contributed by atoms with E-state index in [9.17, 15) is 39.0 Å². The van der Waals surface area contributed by atoms with E-state index in [2.05, 4.69) is 20.4 Å². The fourth-order valence-electron chi connectivity index (χ4n) is 10.5. The van der Waals surface area contributed by atoms with Crippen LogP contribution in [0.3, 0.4) is 0 Å². The van der Waals surface area contributed by atoms with Crippen LogP contribution in [-0.4, -0.2) is 205 Å². The van der Waals surface area contributed by atoms with Gasteiger partial charge in [-0.25, -0.2) is 9.59 Å². The molecule has 7 aromatic rings. The molecule has 0 aliphatic carbocycles. The lowest BCUT2D eigenvalue weighted by molar-refractivity contribution is -0.164. The Bertz CT molecular complexity index is 3290. The molecular weight excluding hydrogens is 1260 g/mol. The first-order valence-corrected chi connectivity index (χ1v) is 33.6. The van der Waals surface area contributed by atoms with Crippen molar-refractivity contribution in [2.24, 2.45) is 0 Å². The first-order valence-electron chi connectivity index (χ1n) is 32.1. The number of hydrogen-bond acceptors (Lipinski definition) is 18. The molecule has 0 radical (unpaired) electrons. The molecule has 96 heavy (non-hydrogen) atoms. The highest BCUT2D eigenvalue weighted by Crippen LogP contribution is 2.31. The maximum absolute atomic E-state index is 13.8. The third kappa shape index (κ3) is 23.3. The Kier molecular flexibility index (Phi) is 28.9. The topological polar surface area (TPSA) is 242 Å². The molecule has 2 heterocycles. The highest BCUT2D eigenvalue weighted by atomic mass is 32.2. The van der Waals surface area contributed by atoms with Gasteiger partial charge in [0.2, 0.25) is 0 Å². The number of rotatable bonds is 36. The summed E-state index contributed by atoms with van der Waals surface area (Å²) in [6.07, 6.45) is -1.26. The Labute approximate surface area is 568 Å². The van der Waals surface area contributed by atoms with Crippen molar-refractivity contribution in [1.29, 1.82) is 0 Å². The highest BCUT2D eigenvalue weighted by molar-refractivity contribution is 7.97. The van der Waals surface area contributed by atoms with E-state index >= 15 is 0 Å². The summed E-state index contributed by atoms with van der Waals surface area (Å²) in [6, 6.07) is 58.5. The third-order valence-corrected chi connectivity index (χ3v) is 17.9. The van der Waals surface area contributed by atoms with Crippen LogP contribution < -0.4 is 10.6 Å². The lowest BCUT2D eigenvalue weighted by Crippen LogP contribution is -2.50. The van der Waals surface area contributed by atoms with E-state index in [0.29, 0.717) is 89.8 Å². The second kappa shape index (κ2) is 38.8. The predicted octanol–water partition coefficient (Wildman–Crippen LogP) is 9.99. The number of alkyl carbamates (subject to hydrolysis) is 2. The lowest BCUT2D eigenvalue weighted by Gasteiger charge is -2.35. The summed E-state index contributed by atoms with van der Waals surface area (Å²) in [5, 5.41) is 26.1. The number of carboxylic acids is 2. The minimum Gasteiger partial charge on any atom is -0.480 e. The molecule has 7 aromatic carbocycles. The van der Waals surface area contributed by atoms with Crippen molar-refractivity contribution in [3.63, 3.8) is 0 Å². The van der Waals surface area contributed by atoms with Crippen molar-refractivity contribution in [3.8, 4) is 22.3 Å². The molecular formula is C72H82N8O14S2. The number of ether oxygens (including phenoxy) is 4. The van der Waals surface area contributed by atoms with E-state index in [1.807, 2.05) is 170 Å². The number of carbonyl (C=O) groups is 6. The van der Waals surface area contributed by atoms with Crippen LogP contribution in [0.25, 0.3) is 22.3 Å². The summed E-state index contributed by atoms with van der Waals surface area (Å²) in [6.45, 7) is 7.18. The Hall–Kier alpha value is -8.66. The number of benzene rings is 7. The fourth-order valence-corrected chi connectivity index (χ4v) is 12.3. The Morgan fingerprint density at radius 2 is 0.771 bits per heavy atom. The molecule has 9 rings (SSSR count). The highest BCUT2D eigenvalue weighted by Gasteiger charge is 2.31. The molecule has 2 aliphatic heterocycles. The van der Waals surface area contributed by atoms with E-state index in [1.54, 1.807) is 34.1 Å². The molecule has 0 unspecified atom stereocenters. The van der Waals surface area contributed by atoms with Gasteiger partial charge in [0.05, 0.1) is 39.6 Å². The summed E-state index contributed by atoms with van der Waals surface area (Å²) < 4.78 is 25.3. The predicted molar refractivity (Wildman–Crippen MR) is 365 cm³/mol. The maximum Gasteiger partial charge on any atom is 0.407 e. The van der Waals surface area contributed by atoms with Crippen LogP contribution in [0.1, 0.15) is 44.7 Å². The minimum absolute atomic E-state index is 0.0249. The van der Waals surface area contributed by atoms with Crippen molar-refractivity contribution >= 4 is 59.8 Å². The standard InChI is InChI=1S/C72H82N8O14S2/c81-67(77-40-36-75(37-41-77)44-46-89-48-50-93-79(95-63-28-24-59(25-29-63)57-18-9-3-10-19-57)65(69(83)84)32-34-73-71(87)91-53-55-14-5-1-6-15-55)61-22-13-23-62(52-61)68(82)78-42-38-76(39-43-78)45-47-90-49-51-94-80(96-64-30-26-60(27-31-64)58-20-11-4-12-21-58)66(70(85)86)33-35-74-72(88)92-54-56-16-7-2-8-17-56/h1-31,52,65-66H,32-51,53-54H2,(H,73,87)(H,74,88)(H,83,84)(H,85,86)/t65-,66-/m1/s1. The van der Waals surface area contributed by atoms with Gasteiger partial charge in [0, 0.05) is 99.5 Å². The molecule has 2 atom stereocenters. The summed E-state index contributed by atoms with van der Waals surface area (Å²) in [4.78, 5) is 99.8. The number of carboxylic acid groups (broad SMARTS) is 2. The van der Waals surface area contributed by atoms with Crippen LogP contribution in [0.4, 0.5) is 9.59 Å². The van der Waals surface area contributed by atoms with Crippen LogP contribution in [0, 0.1) is 0 Å². The molecule has 4 N–H and O–H groups in total. The van der Waals surface area contributed by atoms with E-state index in [-0.39, 0.29) is 77.4 Å². The molecule has 0 aromatic heterocycles. The molecule has 2 fully saturated rings. The van der Waals surface area contributed by atoms with E-state index < -0.39 is 36.2 Å². The first-order chi connectivity index (χ1) is 46.9. The van der Waals surface area contributed by atoms with Crippen molar-refractivity contribution in [2.75, 3.05) is 118 Å². The molecule has 2 aliphatic rings. The first kappa shape index (κ1) is 71.6. The summed E-state index contributed by atoms with van der Waals surface area (Å²) in [5.74, 6) is -2.54. The van der Waals surface area contributed by atoms with Crippen molar-refractivity contribution in [2.45, 2.75) is 47.9 Å². The quantitative estimate of drug-likeness (QED) is 0.0162. The van der Waals surface area contributed by atoms with Gasteiger partial charge in [-0.1, -0.05) is 152 Å². The molecule has 0 bridgehead atoms. The number of carbonyl (C=O) groups excluding carboxylic acids is 4. The van der Waals surface area contributed by atoms with Gasteiger partial charge < -0.3 is 49.6 Å². The van der Waals surface area contributed by atoms with Gasteiger partial charge in [-0.2, -0.15) is 0 Å². The number of hydroxylamine groups is 2. The normalized spacial score (nSPS) is 14.2. The van der Waals surface area contributed by atoms with Crippen LogP contribution >= 0.6 is 23.9 Å². The van der Waals surface area contributed by atoms with Crippen molar-refractivity contribution in [3.05, 3.63) is 216 Å². The SMILES string of the molecule is O=C(NCC[C@H](C(=O)O)N(OCCOCCN1CCN(C(=O)c2cccc(C(=O)N3CCN(CCOCCON(Sc4ccc(-c5ccccc5)cc4)[C@H](CCNC(=O)OCc4ccccc4)C(=O)O)CC3)c2)CC1)Sc1ccc(-c2ccccc2)cc1)OCc1ccccc1. The molecule has 0 saturated carbocycles. The van der Waals surface area contributed by atoms with Crippen LogP contribution in [-0.2, 0) is 51.4 Å². The van der Waals surface area contributed by atoms with Crippen LogP contribution in [0.15, 0.2) is 204 Å². The zero-order valence-electron chi connectivity index (χ0n) is 53.5. The average Bonchev–Trinajstić information content (AvgIpc) is 0.965. The minimum atomic E-state index is -1.14. The van der Waals surface area contributed by atoms with Crippen molar-refractivity contribution < 1.29 is 67.6 Å². The summed E-state index contributed by atoms with van der Waals surface area (Å²) in [7, 11) is 0. The van der Waals surface area contributed by atoms with Crippen LogP contribution in [0.2, 0.25) is 0 Å². The number of aliphatic carboxylic acids is 2. The number of nitrogens with one attached hydrogen (secondary N) is 2. The number of amides is 4. The average molecular weight is 1350 g/mol. The summed E-state index contributed by atoms with van der Waals surface area (Å²) >= 11 is 2.29. The van der Waals surface area contributed by atoms with Gasteiger partial charge in [-0.15, -0.1) is 8.94 Å². The van der Waals surface area contributed by atoms with Gasteiger partial charge in [0.15, 0.2) is 0 Å². The van der Waals surface area contributed by atoms with Gasteiger partial charge in [0.1, 0.15) is 25.3 Å². The lowest BCUT2D eigenvalue weighted by atomic mass is 10.1. The Balaban J connectivity index is 0.666. The molecule has 22 nitrogen and oxygen atoms in total. The molecule has 506 valence electrons. The van der Waals surface area contributed by atoms with Gasteiger partial charge in [0.25, 0.3) is 11.8 Å². The Morgan fingerprint density at radius 3 is 1.14 bits per heavy atom. The number of hydrogen-bond donors (Lipinski definition) is 4. The molecule has 4 amide bonds. The van der Waals surface area contributed by atoms with Crippen LogP contribution in [0.5, 0.6) is 0 Å². The Morgan fingerprint density at radius 1 is 0.417 bits per heavy atom. The van der Waals surface area contributed by atoms with Gasteiger partial charge in [-0.3, -0.25) is 38.7 Å². The number of piperazine rings is 2. The largest absolute Gasteiger partial charge is 0.480 e. The van der Waals surface area contributed by atoms with Gasteiger partial charge >= 0.3 is 24.1 Å². The van der Waals surface area contributed by atoms with Gasteiger partial charge in [-0.05, 0) is 113 Å². The second-order valence-electron chi connectivity index (χ2n) is 22.5. The molecule has 24 heteroatoms. The number of nitrogens with zero attached hydrogens (tertiary/aromatic N) is 6. The fraction of sp³-hybridized carbons (Fsp3) is 0.333. The van der Waals surface area contributed by atoms with Crippen molar-refractivity contribution in [1.82, 2.24) is 39.2 Å². The third-order valence-electron chi connectivity index (χ3n) is 15.9. The molecule has 2 saturated heterocycles. The monoisotopic (exact) mass is 1350 g/mol. The summed E-state index contributed by atoms with van der Waals surface area (Å²) in [5.41, 5.74) is 6.67. The maximum atomic E-state index is 13.8. The van der Waals surface area contributed by atoms with E-state index in [0.717, 1.165) is 67.1 Å². The zero-order chi connectivity index (χ0) is 67.1. The second-order valence-corrected chi connectivity index (χ2v) is 24.6. The van der Waals surface area contributed by atoms with E-state index in [1.165, 1.54) is 8.94 Å². The zero-order valence-corrected chi connectivity index (χ0v) is 55.1. The molecule has 0 spiro atoms. The van der Waals surface area contributed by atoms with E-state index in [4.69, 9.17) is 28.6 Å².